The molecule has 0 bridgehead atoms. The number of hydrogen-bond donors (Lipinski definition) is 0. The Morgan fingerprint density at radius 1 is 0.795 bits per heavy atom. The molecule has 0 saturated heterocycles. The van der Waals surface area contributed by atoms with Crippen LogP contribution in [0.25, 0.3) is 0 Å². The monoisotopic (exact) mass is 537 g/mol. The highest BCUT2D eigenvalue weighted by Crippen LogP contribution is 2.41. The number of nitrogens with zero attached hydrogens (tertiary/aromatic N) is 1. The SMILES string of the molecule is CCCCCCCCC1CCC(C2CCC(OC(=O)c3ccc(OCCCCCCC)c(C#N)c3)CC2)CC1. The van der Waals surface area contributed by atoms with E-state index in [1.54, 1.807) is 18.2 Å². The van der Waals surface area contributed by atoms with Crippen LogP contribution in [-0.2, 0) is 4.74 Å². The average Bonchev–Trinajstić information content (AvgIpc) is 2.97. The van der Waals surface area contributed by atoms with Crippen LogP contribution in [0.2, 0.25) is 0 Å². The molecule has 1 aromatic rings. The second-order valence-corrected chi connectivity index (χ2v) is 12.4. The highest BCUT2D eigenvalue weighted by atomic mass is 16.5. The lowest BCUT2D eigenvalue weighted by Crippen LogP contribution is -2.29. The largest absolute Gasteiger partial charge is 0.492 e. The van der Waals surface area contributed by atoms with Crippen LogP contribution in [0.3, 0.4) is 0 Å². The third-order valence-corrected chi connectivity index (χ3v) is 9.36. The van der Waals surface area contributed by atoms with Crippen molar-refractivity contribution in [1.29, 1.82) is 5.26 Å². The van der Waals surface area contributed by atoms with Crippen LogP contribution in [0.4, 0.5) is 0 Å². The topological polar surface area (TPSA) is 59.3 Å². The molecule has 1 aromatic carbocycles. The third-order valence-electron chi connectivity index (χ3n) is 9.36. The predicted molar refractivity (Wildman–Crippen MR) is 160 cm³/mol. The highest BCUT2D eigenvalue weighted by molar-refractivity contribution is 5.90. The van der Waals surface area contributed by atoms with Gasteiger partial charge in [-0.3, -0.25) is 0 Å². The van der Waals surface area contributed by atoms with Gasteiger partial charge in [0.1, 0.15) is 17.9 Å². The maximum absolute atomic E-state index is 12.9. The first-order chi connectivity index (χ1) is 19.1. The minimum Gasteiger partial charge on any atom is -0.492 e. The first-order valence-corrected chi connectivity index (χ1v) is 16.5. The fraction of sp³-hybridized carbons (Fsp3) is 0.771. The molecular formula is C35H55NO3. The molecule has 0 radical (unpaired) electrons. The Kier molecular flexibility index (Phi) is 14.8. The van der Waals surface area contributed by atoms with Crippen LogP contribution in [0, 0.1) is 29.1 Å². The maximum Gasteiger partial charge on any atom is 0.338 e. The van der Waals surface area contributed by atoms with Gasteiger partial charge in [-0.15, -0.1) is 0 Å². The van der Waals surface area contributed by atoms with E-state index in [4.69, 9.17) is 9.47 Å². The zero-order valence-corrected chi connectivity index (χ0v) is 25.1. The Hall–Kier alpha value is -2.02. The van der Waals surface area contributed by atoms with Crippen molar-refractivity contribution in [1.82, 2.24) is 0 Å². The lowest BCUT2D eigenvalue weighted by Gasteiger charge is -2.37. The van der Waals surface area contributed by atoms with E-state index in [0.29, 0.717) is 23.5 Å². The molecule has 3 rings (SSSR count). The molecule has 0 aromatic heterocycles. The van der Waals surface area contributed by atoms with Crippen molar-refractivity contribution in [3.8, 4) is 11.8 Å². The quantitative estimate of drug-likeness (QED) is 0.146. The Morgan fingerprint density at radius 2 is 1.38 bits per heavy atom. The van der Waals surface area contributed by atoms with E-state index < -0.39 is 0 Å². The number of benzene rings is 1. The number of carbonyl (C=O) groups excluding carboxylic acids is 1. The van der Waals surface area contributed by atoms with Crippen LogP contribution < -0.4 is 4.74 Å². The van der Waals surface area contributed by atoms with E-state index >= 15 is 0 Å². The molecule has 0 amide bonds. The Bertz CT molecular complexity index is 859. The molecule has 0 unspecified atom stereocenters. The molecule has 0 heterocycles. The number of rotatable bonds is 17. The molecule has 218 valence electrons. The number of carbonyl (C=O) groups is 1. The molecular weight excluding hydrogens is 482 g/mol. The van der Waals surface area contributed by atoms with Crippen LogP contribution in [-0.4, -0.2) is 18.7 Å². The van der Waals surface area contributed by atoms with Crippen molar-refractivity contribution in [2.45, 2.75) is 148 Å². The van der Waals surface area contributed by atoms with Crippen molar-refractivity contribution in [2.24, 2.45) is 17.8 Å². The van der Waals surface area contributed by atoms with Gasteiger partial charge in [0, 0.05) is 0 Å². The molecule has 0 aliphatic heterocycles. The van der Waals surface area contributed by atoms with E-state index in [9.17, 15) is 10.1 Å². The molecule has 2 aliphatic rings. The van der Waals surface area contributed by atoms with Gasteiger partial charge in [0.25, 0.3) is 0 Å². The Morgan fingerprint density at radius 3 is 2.03 bits per heavy atom. The third kappa shape index (κ3) is 11.2. The fourth-order valence-electron chi connectivity index (χ4n) is 6.82. The van der Waals surface area contributed by atoms with Crippen molar-refractivity contribution < 1.29 is 14.3 Å². The summed E-state index contributed by atoms with van der Waals surface area (Å²) in [5, 5.41) is 9.59. The number of hydrogen-bond acceptors (Lipinski definition) is 4. The zero-order chi connectivity index (χ0) is 27.7. The summed E-state index contributed by atoms with van der Waals surface area (Å²) in [5.74, 6) is 2.90. The summed E-state index contributed by atoms with van der Waals surface area (Å²) in [6, 6.07) is 7.31. The smallest absolute Gasteiger partial charge is 0.338 e. The minimum atomic E-state index is -0.309. The Balaban J connectivity index is 1.33. The second-order valence-electron chi connectivity index (χ2n) is 12.4. The van der Waals surface area contributed by atoms with Crippen molar-refractivity contribution >= 4 is 5.97 Å². The lowest BCUT2D eigenvalue weighted by molar-refractivity contribution is 0.0109. The van der Waals surface area contributed by atoms with E-state index in [0.717, 1.165) is 43.4 Å². The van der Waals surface area contributed by atoms with Crippen molar-refractivity contribution in [2.75, 3.05) is 6.61 Å². The number of ether oxygens (including phenoxy) is 2. The van der Waals surface area contributed by atoms with Gasteiger partial charge in [0.2, 0.25) is 0 Å². The number of nitriles is 1. The van der Waals surface area contributed by atoms with Crippen LogP contribution in [0.15, 0.2) is 18.2 Å². The molecule has 0 atom stereocenters. The number of esters is 1. The van der Waals surface area contributed by atoms with E-state index in [1.807, 2.05) is 0 Å². The van der Waals surface area contributed by atoms with Gasteiger partial charge in [-0.1, -0.05) is 97.3 Å². The van der Waals surface area contributed by atoms with Gasteiger partial charge in [-0.05, 0) is 80.9 Å². The lowest BCUT2D eigenvalue weighted by atomic mass is 9.70. The normalized spacial score (nSPS) is 23.2. The molecule has 4 nitrogen and oxygen atoms in total. The van der Waals surface area contributed by atoms with Gasteiger partial charge in [-0.25, -0.2) is 4.79 Å². The van der Waals surface area contributed by atoms with Crippen LogP contribution >= 0.6 is 0 Å². The van der Waals surface area contributed by atoms with Gasteiger partial charge < -0.3 is 9.47 Å². The van der Waals surface area contributed by atoms with Crippen molar-refractivity contribution in [3.63, 3.8) is 0 Å². The molecule has 2 fully saturated rings. The maximum atomic E-state index is 12.9. The number of unbranched alkanes of at least 4 members (excludes halogenated alkanes) is 9. The summed E-state index contributed by atoms with van der Waals surface area (Å²) in [4.78, 5) is 12.9. The summed E-state index contributed by atoms with van der Waals surface area (Å²) in [5.41, 5.74) is 0.862. The standard InChI is InChI=1S/C35H55NO3/c1-3-5-7-9-10-12-14-28-15-17-29(18-16-28)30-19-22-33(23-20-30)39-35(37)31-21-24-34(32(26-31)27-36)38-25-13-11-8-6-4-2/h21,24,26,28-30,33H,3-20,22-23,25H2,1-2H3. The predicted octanol–water partition coefficient (Wildman–Crippen LogP) is 10.2. The first-order valence-electron chi connectivity index (χ1n) is 16.5. The Labute approximate surface area is 239 Å². The summed E-state index contributed by atoms with van der Waals surface area (Å²) < 4.78 is 11.7. The molecule has 0 N–H and O–H groups in total. The zero-order valence-electron chi connectivity index (χ0n) is 25.1. The van der Waals surface area contributed by atoms with Crippen molar-refractivity contribution in [3.05, 3.63) is 29.3 Å². The summed E-state index contributed by atoms with van der Waals surface area (Å²) in [6.07, 6.45) is 25.7. The van der Waals surface area contributed by atoms with Gasteiger partial charge in [0.15, 0.2) is 0 Å². The minimum absolute atomic E-state index is 0.00220. The first kappa shape index (κ1) is 31.5. The van der Waals surface area contributed by atoms with E-state index in [-0.39, 0.29) is 12.1 Å². The summed E-state index contributed by atoms with van der Waals surface area (Å²) in [6.45, 7) is 5.10. The highest BCUT2D eigenvalue weighted by Gasteiger charge is 2.32. The molecule has 2 aliphatic carbocycles. The molecule has 0 spiro atoms. The summed E-state index contributed by atoms with van der Waals surface area (Å²) >= 11 is 0. The van der Waals surface area contributed by atoms with E-state index in [1.165, 1.54) is 103 Å². The van der Waals surface area contributed by atoms with Crippen LogP contribution in [0.1, 0.15) is 158 Å². The second kappa shape index (κ2) is 18.4. The molecule has 39 heavy (non-hydrogen) atoms. The van der Waals surface area contributed by atoms with Crippen LogP contribution in [0.5, 0.6) is 5.75 Å². The average molecular weight is 538 g/mol. The fourth-order valence-corrected chi connectivity index (χ4v) is 6.82. The molecule has 2 saturated carbocycles. The summed E-state index contributed by atoms with van der Waals surface area (Å²) in [7, 11) is 0. The molecule has 4 heteroatoms. The van der Waals surface area contributed by atoms with E-state index in [2.05, 4.69) is 19.9 Å². The van der Waals surface area contributed by atoms with Gasteiger partial charge in [0.05, 0.1) is 17.7 Å². The van der Waals surface area contributed by atoms with Gasteiger partial charge >= 0.3 is 5.97 Å². The van der Waals surface area contributed by atoms with Gasteiger partial charge in [-0.2, -0.15) is 5.26 Å².